The van der Waals surface area contributed by atoms with Crippen LogP contribution in [0.15, 0.2) is 58.4 Å². The normalized spacial score (nSPS) is 15.1. The van der Waals surface area contributed by atoms with Crippen molar-refractivity contribution in [2.75, 3.05) is 18.5 Å². The number of anilines is 1. The number of carbonyl (C=O) groups excluding carboxylic acids is 1. The van der Waals surface area contributed by atoms with Crippen molar-refractivity contribution in [3.8, 4) is 0 Å². The van der Waals surface area contributed by atoms with Gasteiger partial charge in [0.2, 0.25) is 0 Å². The molecule has 0 radical (unpaired) electrons. The molecule has 4 rings (SSSR count). The molecule has 3 aromatic rings. The maximum Gasteiger partial charge on any atom is 0.267 e. The molecule has 9 heteroatoms. The Hall–Kier alpha value is -3.01. The van der Waals surface area contributed by atoms with Crippen molar-refractivity contribution in [2.45, 2.75) is 39.8 Å². The predicted molar refractivity (Wildman–Crippen MR) is 146 cm³/mol. The number of pyridine rings is 1. The number of thiocarbonyl (C=S) groups is 1. The predicted octanol–water partition coefficient (Wildman–Crippen LogP) is 4.63. The first-order valence-electron chi connectivity index (χ1n) is 11.5. The summed E-state index contributed by atoms with van der Waals surface area (Å²) in [6.07, 6.45) is 4.28. The summed E-state index contributed by atoms with van der Waals surface area (Å²) in [5.74, 6) is 0.227. The minimum absolute atomic E-state index is 0.162. The van der Waals surface area contributed by atoms with E-state index in [1.165, 1.54) is 16.2 Å². The number of rotatable bonds is 9. The lowest BCUT2D eigenvalue weighted by molar-refractivity contribution is -0.122. The zero-order valence-corrected chi connectivity index (χ0v) is 21.6. The molecule has 35 heavy (non-hydrogen) atoms. The summed E-state index contributed by atoms with van der Waals surface area (Å²) in [5.41, 5.74) is 2.55. The van der Waals surface area contributed by atoms with Gasteiger partial charge in [-0.15, -0.1) is 0 Å². The van der Waals surface area contributed by atoms with E-state index in [9.17, 15) is 9.59 Å². The van der Waals surface area contributed by atoms with Crippen molar-refractivity contribution in [1.82, 2.24) is 14.3 Å². The lowest BCUT2D eigenvalue weighted by Gasteiger charge is -2.14. The van der Waals surface area contributed by atoms with Gasteiger partial charge in [0.1, 0.15) is 15.8 Å². The second kappa shape index (κ2) is 11.2. The number of amides is 1. The smallest absolute Gasteiger partial charge is 0.267 e. The van der Waals surface area contributed by atoms with E-state index in [2.05, 4.69) is 10.3 Å². The van der Waals surface area contributed by atoms with Gasteiger partial charge >= 0.3 is 0 Å². The molecule has 1 aliphatic rings. The molecule has 1 N–H and O–H groups in total. The monoisotopic (exact) mass is 508 g/mol. The van der Waals surface area contributed by atoms with Gasteiger partial charge in [-0.25, -0.2) is 4.98 Å². The largest absolute Gasteiger partial charge is 0.379 e. The molecule has 0 saturated carbocycles. The number of hydrogen-bond acceptors (Lipinski definition) is 7. The highest BCUT2D eigenvalue weighted by molar-refractivity contribution is 8.26. The average molecular weight is 509 g/mol. The molecule has 0 aliphatic carbocycles. The van der Waals surface area contributed by atoms with E-state index in [0.717, 1.165) is 17.5 Å². The number of ether oxygens (including phenoxy) is 1. The number of carbonyl (C=O) groups is 1. The lowest BCUT2D eigenvalue weighted by atomic mass is 10.2. The molecule has 2 aromatic heterocycles. The molecular formula is C26H28N4O3S2. The molecule has 1 fully saturated rings. The molecule has 1 aliphatic heterocycles. The minimum Gasteiger partial charge on any atom is -0.379 e. The van der Waals surface area contributed by atoms with Crippen molar-refractivity contribution in [3.63, 3.8) is 0 Å². The highest BCUT2D eigenvalue weighted by Crippen LogP contribution is 2.34. The quantitative estimate of drug-likeness (QED) is 0.257. The van der Waals surface area contributed by atoms with Crippen LogP contribution in [-0.4, -0.2) is 43.8 Å². The number of hydrogen-bond donors (Lipinski definition) is 1. The van der Waals surface area contributed by atoms with Gasteiger partial charge in [-0.2, -0.15) is 0 Å². The minimum atomic E-state index is -0.243. The van der Waals surface area contributed by atoms with E-state index >= 15 is 0 Å². The molecular weight excluding hydrogens is 480 g/mol. The summed E-state index contributed by atoms with van der Waals surface area (Å²) in [6, 6.07) is 13.4. The summed E-state index contributed by atoms with van der Waals surface area (Å²) < 4.78 is 7.59. The van der Waals surface area contributed by atoms with Crippen molar-refractivity contribution in [2.24, 2.45) is 0 Å². The van der Waals surface area contributed by atoms with Gasteiger partial charge in [0.05, 0.1) is 23.1 Å². The van der Waals surface area contributed by atoms with E-state index in [0.29, 0.717) is 46.0 Å². The highest BCUT2D eigenvalue weighted by Gasteiger charge is 2.32. The zero-order chi connectivity index (χ0) is 24.9. The fourth-order valence-electron chi connectivity index (χ4n) is 3.65. The average Bonchev–Trinajstić information content (AvgIpc) is 3.09. The Morgan fingerprint density at radius 1 is 1.17 bits per heavy atom. The molecule has 0 spiro atoms. The molecule has 0 atom stereocenters. The number of benzene rings is 1. The number of nitrogens with zero attached hydrogens (tertiary/aromatic N) is 3. The Balaban J connectivity index is 1.65. The third-order valence-electron chi connectivity index (χ3n) is 5.40. The summed E-state index contributed by atoms with van der Waals surface area (Å²) >= 11 is 6.69. The van der Waals surface area contributed by atoms with E-state index < -0.39 is 0 Å². The molecule has 182 valence electrons. The van der Waals surface area contributed by atoms with E-state index in [1.807, 2.05) is 63.2 Å². The maximum atomic E-state index is 13.5. The highest BCUT2D eigenvalue weighted by atomic mass is 32.2. The van der Waals surface area contributed by atoms with Crippen LogP contribution >= 0.6 is 24.0 Å². The van der Waals surface area contributed by atoms with Crippen LogP contribution in [0.2, 0.25) is 0 Å². The number of aromatic nitrogens is 2. The molecule has 3 heterocycles. The summed E-state index contributed by atoms with van der Waals surface area (Å²) in [6.45, 7) is 7.47. The van der Waals surface area contributed by atoms with Crippen LogP contribution in [0.3, 0.4) is 0 Å². The summed E-state index contributed by atoms with van der Waals surface area (Å²) in [7, 11) is 0. The molecule has 0 bridgehead atoms. The molecule has 1 amide bonds. The third kappa shape index (κ3) is 5.98. The van der Waals surface area contributed by atoms with E-state index in [-0.39, 0.29) is 17.6 Å². The van der Waals surface area contributed by atoms with Gasteiger partial charge in [0.15, 0.2) is 0 Å². The Bertz CT molecular complexity index is 1340. The maximum absolute atomic E-state index is 13.5. The second-order valence-electron chi connectivity index (χ2n) is 8.57. The number of thioether (sulfide) groups is 1. The fraction of sp³-hybridized carbons (Fsp3) is 0.308. The van der Waals surface area contributed by atoms with Crippen molar-refractivity contribution < 1.29 is 9.53 Å². The summed E-state index contributed by atoms with van der Waals surface area (Å²) in [5, 5.41) is 3.27. The first-order valence-corrected chi connectivity index (χ1v) is 12.7. The van der Waals surface area contributed by atoms with Gasteiger partial charge in [-0.05, 0) is 50.5 Å². The van der Waals surface area contributed by atoms with Crippen LogP contribution in [0.1, 0.15) is 37.0 Å². The van der Waals surface area contributed by atoms with Gasteiger partial charge in [-0.3, -0.25) is 18.9 Å². The van der Waals surface area contributed by atoms with Crippen LogP contribution in [-0.2, 0) is 16.1 Å². The van der Waals surface area contributed by atoms with Crippen LogP contribution in [0.5, 0.6) is 0 Å². The van der Waals surface area contributed by atoms with Gasteiger partial charge in [0, 0.05) is 19.3 Å². The van der Waals surface area contributed by atoms with Gasteiger partial charge in [0.25, 0.3) is 11.5 Å². The van der Waals surface area contributed by atoms with Gasteiger partial charge in [-0.1, -0.05) is 60.4 Å². The molecule has 1 saturated heterocycles. The van der Waals surface area contributed by atoms with Crippen LogP contribution < -0.4 is 10.9 Å². The summed E-state index contributed by atoms with van der Waals surface area (Å²) in [4.78, 5) is 33.3. The van der Waals surface area contributed by atoms with E-state index in [1.54, 1.807) is 17.2 Å². The van der Waals surface area contributed by atoms with Crippen molar-refractivity contribution in [3.05, 3.63) is 80.6 Å². The number of fused-ring (bicyclic) bond motifs is 1. The van der Waals surface area contributed by atoms with Crippen LogP contribution in [0.4, 0.5) is 5.82 Å². The Morgan fingerprint density at radius 3 is 2.69 bits per heavy atom. The number of aryl methyl sites for hydroxylation is 1. The van der Waals surface area contributed by atoms with E-state index in [4.69, 9.17) is 17.0 Å². The SMILES string of the molecule is Cc1ccc2nc(NCCCOC(C)C)c(/C=C3\SC(=S)N(Cc4ccccc4)C3=O)c(=O)n2c1. The van der Waals surface area contributed by atoms with Gasteiger partial charge < -0.3 is 10.1 Å². The first kappa shape index (κ1) is 25.1. The van der Waals surface area contributed by atoms with Crippen LogP contribution in [0.25, 0.3) is 11.7 Å². The number of nitrogens with one attached hydrogen (secondary N) is 1. The third-order valence-corrected chi connectivity index (χ3v) is 6.78. The fourth-order valence-corrected chi connectivity index (χ4v) is 4.89. The Morgan fingerprint density at radius 2 is 1.94 bits per heavy atom. The first-order chi connectivity index (χ1) is 16.8. The topological polar surface area (TPSA) is 75.9 Å². The standard InChI is InChI=1S/C26H28N4O3S2/c1-17(2)33-13-7-12-27-23-20(24(31)29-15-18(3)10-11-22(29)28-23)14-21-25(32)30(26(34)35-21)16-19-8-5-4-6-9-19/h4-6,8-11,14-15,17,27H,7,12-13,16H2,1-3H3/b21-14-. The molecule has 0 unspecified atom stereocenters. The second-order valence-corrected chi connectivity index (χ2v) is 10.2. The Labute approximate surface area is 214 Å². The lowest BCUT2D eigenvalue weighted by Crippen LogP contribution is -2.27. The molecule has 1 aromatic carbocycles. The van der Waals surface area contributed by atoms with Crippen molar-refractivity contribution in [1.29, 1.82) is 0 Å². The Kier molecular flexibility index (Phi) is 8.00. The zero-order valence-electron chi connectivity index (χ0n) is 20.0. The van der Waals surface area contributed by atoms with Crippen molar-refractivity contribution >= 4 is 51.7 Å². The molecule has 7 nitrogen and oxygen atoms in total. The van der Waals surface area contributed by atoms with Crippen LogP contribution in [0, 0.1) is 6.92 Å².